The quantitative estimate of drug-likeness (QED) is 0.304. The predicted octanol–water partition coefficient (Wildman–Crippen LogP) is 4.57. The predicted molar refractivity (Wildman–Crippen MR) is 152 cm³/mol. The zero-order chi connectivity index (χ0) is 27.7. The Morgan fingerprint density at radius 2 is 1.70 bits per heavy atom. The second-order valence-electron chi connectivity index (χ2n) is 9.82. The van der Waals surface area contributed by atoms with Crippen LogP contribution in [0.5, 0.6) is 5.75 Å². The van der Waals surface area contributed by atoms with Gasteiger partial charge in [-0.2, -0.15) is 4.98 Å². The second-order valence-corrected chi connectivity index (χ2v) is 9.82. The van der Waals surface area contributed by atoms with Crippen molar-refractivity contribution in [3.63, 3.8) is 0 Å². The van der Waals surface area contributed by atoms with Crippen molar-refractivity contribution in [3.05, 3.63) is 95.9 Å². The molecule has 9 heteroatoms. The lowest BCUT2D eigenvalue weighted by Crippen LogP contribution is -2.38. The Morgan fingerprint density at radius 1 is 0.975 bits per heavy atom. The number of methoxy groups -OCH3 is 1. The minimum Gasteiger partial charge on any atom is -0.497 e. The van der Waals surface area contributed by atoms with Gasteiger partial charge in [-0.15, -0.1) is 0 Å². The van der Waals surface area contributed by atoms with Gasteiger partial charge in [-0.3, -0.25) is 14.5 Å². The van der Waals surface area contributed by atoms with E-state index in [-0.39, 0.29) is 17.7 Å². The number of piperidine rings is 1. The van der Waals surface area contributed by atoms with E-state index in [1.54, 1.807) is 25.3 Å². The van der Waals surface area contributed by atoms with E-state index < -0.39 is 0 Å². The van der Waals surface area contributed by atoms with E-state index in [9.17, 15) is 9.59 Å². The van der Waals surface area contributed by atoms with Gasteiger partial charge in [0.1, 0.15) is 5.75 Å². The number of ether oxygens (including phenoxy) is 1. The average Bonchev–Trinajstić information content (AvgIpc) is 3.46. The van der Waals surface area contributed by atoms with Gasteiger partial charge in [0, 0.05) is 18.0 Å². The SMILES string of the molecule is COc1ccc(-c2noc(CN3CCC(C(=O)Nc4ccccc4C(=O)NCCc4ccccc4)CC3)n2)cc1. The highest BCUT2D eigenvalue weighted by Crippen LogP contribution is 2.24. The van der Waals surface area contributed by atoms with Crippen LogP contribution in [0.15, 0.2) is 83.4 Å². The molecule has 4 aromatic rings. The number of anilines is 1. The van der Waals surface area contributed by atoms with Crippen LogP contribution >= 0.6 is 0 Å². The summed E-state index contributed by atoms with van der Waals surface area (Å²) in [6, 6.07) is 24.6. The third-order valence-corrected chi connectivity index (χ3v) is 7.11. The molecule has 9 nitrogen and oxygen atoms in total. The zero-order valence-corrected chi connectivity index (χ0v) is 22.5. The van der Waals surface area contributed by atoms with Gasteiger partial charge in [0.05, 0.1) is 24.9 Å². The molecular formula is C31H33N5O4. The lowest BCUT2D eigenvalue weighted by molar-refractivity contribution is -0.121. The van der Waals surface area contributed by atoms with Crippen molar-refractivity contribution >= 4 is 17.5 Å². The van der Waals surface area contributed by atoms with Crippen LogP contribution < -0.4 is 15.4 Å². The van der Waals surface area contributed by atoms with Crippen molar-refractivity contribution in [1.82, 2.24) is 20.4 Å². The van der Waals surface area contributed by atoms with E-state index in [2.05, 4.69) is 25.7 Å². The van der Waals surface area contributed by atoms with Gasteiger partial charge in [0.2, 0.25) is 17.6 Å². The molecule has 2 N–H and O–H groups in total. The highest BCUT2D eigenvalue weighted by molar-refractivity contribution is 6.04. The van der Waals surface area contributed by atoms with Crippen molar-refractivity contribution in [2.75, 3.05) is 32.1 Å². The molecule has 40 heavy (non-hydrogen) atoms. The van der Waals surface area contributed by atoms with Crippen LogP contribution in [0.1, 0.15) is 34.7 Å². The number of nitrogens with zero attached hydrogens (tertiary/aromatic N) is 3. The Labute approximate surface area is 233 Å². The van der Waals surface area contributed by atoms with E-state index >= 15 is 0 Å². The molecule has 1 aliphatic rings. The molecule has 0 atom stereocenters. The molecule has 0 spiro atoms. The van der Waals surface area contributed by atoms with Gasteiger partial charge in [-0.25, -0.2) is 0 Å². The molecule has 0 unspecified atom stereocenters. The number of aromatic nitrogens is 2. The molecule has 0 aliphatic carbocycles. The topological polar surface area (TPSA) is 110 Å². The molecule has 2 heterocycles. The molecular weight excluding hydrogens is 506 g/mol. The first kappa shape index (κ1) is 27.1. The molecule has 2 amide bonds. The monoisotopic (exact) mass is 539 g/mol. The summed E-state index contributed by atoms with van der Waals surface area (Å²) in [5.74, 6) is 1.45. The Balaban J connectivity index is 1.10. The number of carbonyl (C=O) groups excluding carboxylic acids is 2. The van der Waals surface area contributed by atoms with Crippen molar-refractivity contribution in [2.24, 2.45) is 5.92 Å². The third kappa shape index (κ3) is 6.92. The maximum atomic E-state index is 13.1. The maximum absolute atomic E-state index is 13.1. The van der Waals surface area contributed by atoms with Gasteiger partial charge in [-0.05, 0) is 74.3 Å². The van der Waals surface area contributed by atoms with Crippen molar-refractivity contribution < 1.29 is 18.8 Å². The molecule has 0 saturated carbocycles. The Morgan fingerprint density at radius 3 is 2.45 bits per heavy atom. The molecule has 0 radical (unpaired) electrons. The Hall–Kier alpha value is -4.50. The van der Waals surface area contributed by atoms with Crippen molar-refractivity contribution in [2.45, 2.75) is 25.8 Å². The minimum atomic E-state index is -0.199. The molecule has 1 aliphatic heterocycles. The number of benzene rings is 3. The minimum absolute atomic E-state index is 0.0660. The van der Waals surface area contributed by atoms with Crippen LogP contribution in [0.3, 0.4) is 0 Å². The zero-order valence-electron chi connectivity index (χ0n) is 22.5. The van der Waals surface area contributed by atoms with Crippen LogP contribution in [0.4, 0.5) is 5.69 Å². The van der Waals surface area contributed by atoms with Gasteiger partial charge in [0.25, 0.3) is 5.91 Å². The molecule has 1 fully saturated rings. The summed E-state index contributed by atoms with van der Waals surface area (Å²) in [5, 5.41) is 10.1. The van der Waals surface area contributed by atoms with Gasteiger partial charge < -0.3 is 19.9 Å². The first-order valence-electron chi connectivity index (χ1n) is 13.5. The van der Waals surface area contributed by atoms with Crippen molar-refractivity contribution in [1.29, 1.82) is 0 Å². The number of rotatable bonds is 10. The summed E-state index contributed by atoms with van der Waals surface area (Å²) < 4.78 is 10.7. The summed E-state index contributed by atoms with van der Waals surface area (Å²) in [7, 11) is 1.63. The fourth-order valence-electron chi connectivity index (χ4n) is 4.81. The highest BCUT2D eigenvalue weighted by atomic mass is 16.5. The lowest BCUT2D eigenvalue weighted by Gasteiger charge is -2.30. The molecule has 1 saturated heterocycles. The van der Waals surface area contributed by atoms with E-state index in [0.717, 1.165) is 36.4 Å². The highest BCUT2D eigenvalue weighted by Gasteiger charge is 2.27. The van der Waals surface area contributed by atoms with Crippen molar-refractivity contribution in [3.8, 4) is 17.1 Å². The lowest BCUT2D eigenvalue weighted by atomic mass is 9.95. The molecule has 3 aromatic carbocycles. The van der Waals surface area contributed by atoms with Gasteiger partial charge in [-0.1, -0.05) is 47.6 Å². The summed E-state index contributed by atoms with van der Waals surface area (Å²) in [5.41, 5.74) is 3.01. The van der Waals surface area contributed by atoms with Crippen LogP contribution in [0, 0.1) is 5.92 Å². The first-order chi connectivity index (χ1) is 19.6. The van der Waals surface area contributed by atoms with Crippen LogP contribution in [-0.4, -0.2) is 53.6 Å². The van der Waals surface area contributed by atoms with E-state index in [1.807, 2.05) is 60.7 Å². The number of amides is 2. The summed E-state index contributed by atoms with van der Waals surface area (Å²) >= 11 is 0. The number of hydrogen-bond donors (Lipinski definition) is 2. The number of para-hydroxylation sites is 1. The maximum Gasteiger partial charge on any atom is 0.253 e. The smallest absolute Gasteiger partial charge is 0.253 e. The number of nitrogens with one attached hydrogen (secondary N) is 2. The number of carbonyl (C=O) groups is 2. The van der Waals surface area contributed by atoms with E-state index in [1.165, 1.54) is 0 Å². The molecule has 206 valence electrons. The molecule has 5 rings (SSSR count). The largest absolute Gasteiger partial charge is 0.497 e. The standard InChI is InChI=1S/C31H33N5O4/c1-39-25-13-11-23(12-14-25)29-34-28(40-35-29)21-36-19-16-24(17-20-36)30(37)33-27-10-6-5-9-26(27)31(38)32-18-15-22-7-3-2-4-8-22/h2-14,24H,15-21H2,1H3,(H,32,38)(H,33,37). The van der Waals surface area contributed by atoms with E-state index in [4.69, 9.17) is 9.26 Å². The van der Waals surface area contributed by atoms with Gasteiger partial charge in [0.15, 0.2) is 0 Å². The summed E-state index contributed by atoms with van der Waals surface area (Å²) in [6.45, 7) is 2.52. The molecule has 1 aromatic heterocycles. The summed E-state index contributed by atoms with van der Waals surface area (Å²) in [6.07, 6.45) is 2.15. The fraction of sp³-hybridized carbons (Fsp3) is 0.290. The number of hydrogen-bond acceptors (Lipinski definition) is 7. The Kier molecular flexibility index (Phi) is 8.83. The Bertz CT molecular complexity index is 1410. The van der Waals surface area contributed by atoms with Gasteiger partial charge >= 0.3 is 0 Å². The fourth-order valence-corrected chi connectivity index (χ4v) is 4.81. The van der Waals surface area contributed by atoms with Crippen LogP contribution in [0.25, 0.3) is 11.4 Å². The van der Waals surface area contributed by atoms with E-state index in [0.29, 0.717) is 48.9 Å². The normalized spacial score (nSPS) is 14.0. The third-order valence-electron chi connectivity index (χ3n) is 7.11. The summed E-state index contributed by atoms with van der Waals surface area (Å²) in [4.78, 5) is 32.7. The number of likely N-dealkylation sites (tertiary alicyclic amines) is 1. The molecule has 0 bridgehead atoms. The van der Waals surface area contributed by atoms with Crippen LogP contribution in [-0.2, 0) is 17.8 Å². The second kappa shape index (κ2) is 13.0. The average molecular weight is 540 g/mol. The van der Waals surface area contributed by atoms with Crippen LogP contribution in [0.2, 0.25) is 0 Å². The first-order valence-corrected chi connectivity index (χ1v) is 13.5.